The van der Waals surface area contributed by atoms with Gasteiger partial charge in [-0.25, -0.2) is 0 Å². The van der Waals surface area contributed by atoms with E-state index in [0.29, 0.717) is 6.07 Å². The Hall–Kier alpha value is -1.77. The van der Waals surface area contributed by atoms with E-state index in [1.807, 2.05) is 0 Å². The first-order valence-corrected chi connectivity index (χ1v) is 6.86. The zero-order valence-electron chi connectivity index (χ0n) is 13.0. The summed E-state index contributed by atoms with van der Waals surface area (Å²) in [5.74, 6) is -2.01. The molecular formula is C15H16F6O3. The van der Waals surface area contributed by atoms with Crippen LogP contribution in [0.4, 0.5) is 26.3 Å². The number of esters is 1. The lowest BCUT2D eigenvalue weighted by molar-refractivity contribution is -0.376. The minimum absolute atomic E-state index is 0.247. The van der Waals surface area contributed by atoms with Crippen LogP contribution < -0.4 is 4.74 Å². The van der Waals surface area contributed by atoms with E-state index >= 15 is 0 Å². The molecule has 1 N–H and O–H groups in total. The van der Waals surface area contributed by atoms with E-state index in [0.717, 1.165) is 18.2 Å². The molecule has 0 saturated carbocycles. The summed E-state index contributed by atoms with van der Waals surface area (Å²) in [7, 11) is 0. The van der Waals surface area contributed by atoms with Crippen LogP contribution in [0.25, 0.3) is 0 Å². The van der Waals surface area contributed by atoms with E-state index in [4.69, 9.17) is 4.74 Å². The molecule has 136 valence electrons. The molecule has 24 heavy (non-hydrogen) atoms. The summed E-state index contributed by atoms with van der Waals surface area (Å²) in [6, 6.07) is 3.16. The summed E-state index contributed by atoms with van der Waals surface area (Å²) in [5.41, 5.74) is -7.88. The molecule has 3 nitrogen and oxygen atoms in total. The largest absolute Gasteiger partial charge is 0.430 e. The lowest BCUT2D eigenvalue weighted by Crippen LogP contribution is -2.54. The van der Waals surface area contributed by atoms with Gasteiger partial charge in [0.15, 0.2) is 0 Å². The monoisotopic (exact) mass is 358 g/mol. The van der Waals surface area contributed by atoms with Gasteiger partial charge < -0.3 is 9.84 Å². The maximum absolute atomic E-state index is 13.0. The SMILES string of the molecule is CCC(C)(C)C(=O)Oc1ccccc1C(O)(C(F)(F)F)C(F)(F)F. The number of alkyl halides is 6. The van der Waals surface area contributed by atoms with Crippen LogP contribution in [0.5, 0.6) is 5.75 Å². The minimum atomic E-state index is -6.06. The molecule has 0 aliphatic carbocycles. The molecule has 0 amide bonds. The van der Waals surface area contributed by atoms with Crippen molar-refractivity contribution < 1.29 is 41.0 Å². The second-order valence-electron chi connectivity index (χ2n) is 5.83. The maximum atomic E-state index is 13.0. The molecule has 0 radical (unpaired) electrons. The molecule has 0 spiro atoms. The van der Waals surface area contributed by atoms with Crippen molar-refractivity contribution in [1.82, 2.24) is 0 Å². The van der Waals surface area contributed by atoms with Gasteiger partial charge in [-0.2, -0.15) is 26.3 Å². The van der Waals surface area contributed by atoms with E-state index in [-0.39, 0.29) is 6.42 Å². The normalized spacial score (nSPS) is 13.8. The zero-order valence-corrected chi connectivity index (χ0v) is 13.0. The van der Waals surface area contributed by atoms with Crippen LogP contribution >= 0.6 is 0 Å². The number of hydrogen-bond acceptors (Lipinski definition) is 3. The van der Waals surface area contributed by atoms with Gasteiger partial charge in [0.1, 0.15) is 5.75 Å². The molecule has 0 fully saturated rings. The molecular weight excluding hydrogens is 342 g/mol. The van der Waals surface area contributed by atoms with Gasteiger partial charge in [0.25, 0.3) is 5.60 Å². The van der Waals surface area contributed by atoms with Gasteiger partial charge in [-0.3, -0.25) is 4.79 Å². The summed E-state index contributed by atoms with van der Waals surface area (Å²) < 4.78 is 82.7. The molecule has 0 atom stereocenters. The number of carbonyl (C=O) groups excluding carboxylic acids is 1. The fourth-order valence-corrected chi connectivity index (χ4v) is 1.70. The number of carbonyl (C=O) groups is 1. The first-order valence-electron chi connectivity index (χ1n) is 6.86. The third-order valence-electron chi connectivity index (χ3n) is 3.74. The standard InChI is InChI=1S/C15H16F6O3/c1-4-12(2,3)11(22)24-10-8-6-5-7-9(10)13(23,14(16,17)18)15(19,20)21/h5-8,23H,4H2,1-3H3. The van der Waals surface area contributed by atoms with Gasteiger partial charge in [-0.15, -0.1) is 0 Å². The molecule has 0 aromatic heterocycles. The number of halogens is 6. The van der Waals surface area contributed by atoms with Crippen molar-refractivity contribution in [1.29, 1.82) is 0 Å². The molecule has 1 aromatic carbocycles. The molecule has 0 aliphatic heterocycles. The predicted molar refractivity (Wildman–Crippen MR) is 72.2 cm³/mol. The average Bonchev–Trinajstić information content (AvgIpc) is 2.44. The average molecular weight is 358 g/mol. The highest BCUT2D eigenvalue weighted by molar-refractivity contribution is 5.78. The smallest absolute Gasteiger partial charge is 0.426 e. The highest BCUT2D eigenvalue weighted by Gasteiger charge is 2.72. The number of aliphatic hydroxyl groups is 1. The van der Waals surface area contributed by atoms with Gasteiger partial charge in [0, 0.05) is 5.56 Å². The van der Waals surface area contributed by atoms with Crippen LogP contribution in [0, 0.1) is 5.41 Å². The number of rotatable bonds is 4. The second kappa shape index (κ2) is 6.27. The first-order chi connectivity index (χ1) is 10.7. The molecule has 0 aliphatic rings. The van der Waals surface area contributed by atoms with Crippen molar-refractivity contribution in [2.24, 2.45) is 5.41 Å². The second-order valence-corrected chi connectivity index (χ2v) is 5.83. The Kier molecular flexibility index (Phi) is 5.30. The van der Waals surface area contributed by atoms with Crippen molar-refractivity contribution in [2.75, 3.05) is 0 Å². The van der Waals surface area contributed by atoms with Crippen molar-refractivity contribution in [3.8, 4) is 5.75 Å². The van der Waals surface area contributed by atoms with E-state index in [1.54, 1.807) is 6.92 Å². The highest BCUT2D eigenvalue weighted by Crippen LogP contribution is 2.52. The first kappa shape index (κ1) is 20.3. The fourth-order valence-electron chi connectivity index (χ4n) is 1.70. The molecule has 0 bridgehead atoms. The van der Waals surface area contributed by atoms with Gasteiger partial charge in [0.2, 0.25) is 0 Å². The van der Waals surface area contributed by atoms with Gasteiger partial charge >= 0.3 is 18.3 Å². The quantitative estimate of drug-likeness (QED) is 0.495. The van der Waals surface area contributed by atoms with Crippen molar-refractivity contribution in [2.45, 2.75) is 45.1 Å². The molecule has 9 heteroatoms. The number of ether oxygens (including phenoxy) is 1. The predicted octanol–water partition coefficient (Wildman–Crippen LogP) is 4.34. The van der Waals surface area contributed by atoms with Crippen molar-refractivity contribution in [3.63, 3.8) is 0 Å². The van der Waals surface area contributed by atoms with Gasteiger partial charge in [-0.05, 0) is 26.3 Å². The Balaban J connectivity index is 3.48. The third kappa shape index (κ3) is 3.50. The topological polar surface area (TPSA) is 46.5 Å². The summed E-state index contributed by atoms with van der Waals surface area (Å²) in [6.07, 6.45) is -11.9. The Bertz CT molecular complexity index is 590. The fraction of sp³-hybridized carbons (Fsp3) is 0.533. The van der Waals surface area contributed by atoms with Gasteiger partial charge in [-0.1, -0.05) is 25.1 Å². The van der Waals surface area contributed by atoms with E-state index < -0.39 is 40.7 Å². The highest BCUT2D eigenvalue weighted by atomic mass is 19.4. The summed E-state index contributed by atoms with van der Waals surface area (Å²) in [6.45, 7) is 4.46. The Morgan fingerprint density at radius 1 is 1.04 bits per heavy atom. The van der Waals surface area contributed by atoms with Crippen molar-refractivity contribution in [3.05, 3.63) is 29.8 Å². The van der Waals surface area contributed by atoms with Crippen LogP contribution in [0.3, 0.4) is 0 Å². The molecule has 0 saturated heterocycles. The van der Waals surface area contributed by atoms with Crippen LogP contribution in [-0.2, 0) is 10.4 Å². The lowest BCUT2D eigenvalue weighted by atomic mass is 9.89. The zero-order chi connectivity index (χ0) is 19.0. The van der Waals surface area contributed by atoms with E-state index in [9.17, 15) is 36.2 Å². The molecule has 1 rings (SSSR count). The molecule has 0 unspecified atom stereocenters. The number of hydrogen-bond donors (Lipinski definition) is 1. The maximum Gasteiger partial charge on any atom is 0.430 e. The van der Waals surface area contributed by atoms with E-state index in [2.05, 4.69) is 0 Å². The molecule has 0 heterocycles. The summed E-state index contributed by atoms with van der Waals surface area (Å²) >= 11 is 0. The summed E-state index contributed by atoms with van der Waals surface area (Å²) in [4.78, 5) is 12.0. The Morgan fingerprint density at radius 2 is 1.50 bits per heavy atom. The van der Waals surface area contributed by atoms with Crippen LogP contribution in [0.1, 0.15) is 32.8 Å². The van der Waals surface area contributed by atoms with Crippen molar-refractivity contribution >= 4 is 5.97 Å². The van der Waals surface area contributed by atoms with Crippen LogP contribution in [-0.4, -0.2) is 23.4 Å². The Morgan fingerprint density at radius 3 is 1.92 bits per heavy atom. The number of para-hydroxylation sites is 1. The third-order valence-corrected chi connectivity index (χ3v) is 3.74. The minimum Gasteiger partial charge on any atom is -0.426 e. The van der Waals surface area contributed by atoms with Crippen LogP contribution in [0.15, 0.2) is 24.3 Å². The lowest BCUT2D eigenvalue weighted by Gasteiger charge is -2.33. The Labute approximate surface area is 134 Å². The van der Waals surface area contributed by atoms with E-state index in [1.165, 1.54) is 13.8 Å². The van der Waals surface area contributed by atoms with Gasteiger partial charge in [0.05, 0.1) is 5.41 Å². The molecule has 1 aromatic rings. The number of benzene rings is 1. The van der Waals surface area contributed by atoms with Crippen LogP contribution in [0.2, 0.25) is 0 Å². The summed E-state index contributed by atoms with van der Waals surface area (Å²) in [5, 5.41) is 9.47.